The van der Waals surface area contributed by atoms with E-state index in [0.717, 1.165) is 16.9 Å². The van der Waals surface area contributed by atoms with Gasteiger partial charge in [0.05, 0.1) is 38.9 Å². The highest BCUT2D eigenvalue weighted by molar-refractivity contribution is 5.78. The molecule has 0 fully saturated rings. The van der Waals surface area contributed by atoms with Crippen LogP contribution in [0.15, 0.2) is 48.8 Å². The molecule has 24 heavy (non-hydrogen) atoms. The standard InChI is InChI=1S/C18H19N3O3/c1-23-15-7-6-13(9-16(15)24-2)10-18(22)20-12-17-19-11-14-5-3-4-8-21(14)17/h3-9,11H,10,12H2,1-2H3,(H,20,22). The van der Waals surface area contributed by atoms with Crippen LogP contribution in [-0.4, -0.2) is 29.5 Å². The second-order valence-corrected chi connectivity index (χ2v) is 5.31. The van der Waals surface area contributed by atoms with Crippen molar-refractivity contribution in [3.05, 3.63) is 60.2 Å². The normalized spacial score (nSPS) is 10.6. The lowest BCUT2D eigenvalue weighted by Gasteiger charge is -2.10. The summed E-state index contributed by atoms with van der Waals surface area (Å²) in [5.74, 6) is 1.98. The number of carbonyl (C=O) groups excluding carboxylic acids is 1. The number of fused-ring (bicyclic) bond motifs is 1. The second kappa shape index (κ2) is 7.04. The van der Waals surface area contributed by atoms with E-state index < -0.39 is 0 Å². The van der Waals surface area contributed by atoms with Crippen LogP contribution < -0.4 is 14.8 Å². The first-order chi connectivity index (χ1) is 11.7. The number of methoxy groups -OCH3 is 2. The van der Waals surface area contributed by atoms with Crippen molar-refractivity contribution >= 4 is 11.4 Å². The van der Waals surface area contributed by atoms with Gasteiger partial charge in [-0.1, -0.05) is 12.1 Å². The molecule has 2 heterocycles. The third kappa shape index (κ3) is 3.32. The lowest BCUT2D eigenvalue weighted by atomic mass is 10.1. The van der Waals surface area contributed by atoms with Crippen molar-refractivity contribution < 1.29 is 14.3 Å². The SMILES string of the molecule is COc1ccc(CC(=O)NCc2ncc3ccccn23)cc1OC. The van der Waals surface area contributed by atoms with Crippen LogP contribution in [0, 0.1) is 0 Å². The number of hydrogen-bond donors (Lipinski definition) is 1. The maximum atomic E-state index is 12.2. The quantitative estimate of drug-likeness (QED) is 0.755. The molecule has 3 rings (SSSR count). The molecule has 0 radical (unpaired) electrons. The highest BCUT2D eigenvalue weighted by Gasteiger charge is 2.09. The Labute approximate surface area is 140 Å². The zero-order chi connectivity index (χ0) is 16.9. The molecule has 0 saturated carbocycles. The summed E-state index contributed by atoms with van der Waals surface area (Å²) >= 11 is 0. The number of carbonyl (C=O) groups is 1. The van der Waals surface area contributed by atoms with E-state index in [1.165, 1.54) is 0 Å². The van der Waals surface area contributed by atoms with Gasteiger partial charge in [0.2, 0.25) is 5.91 Å². The van der Waals surface area contributed by atoms with Gasteiger partial charge in [0, 0.05) is 6.20 Å². The number of hydrogen-bond acceptors (Lipinski definition) is 4. The molecule has 2 aromatic heterocycles. The number of amides is 1. The Morgan fingerprint density at radius 2 is 2.00 bits per heavy atom. The Bertz CT molecular complexity index is 858. The monoisotopic (exact) mass is 325 g/mol. The third-order valence-corrected chi connectivity index (χ3v) is 3.77. The summed E-state index contributed by atoms with van der Waals surface area (Å²) in [6.45, 7) is 0.379. The van der Waals surface area contributed by atoms with Crippen LogP contribution in [0.4, 0.5) is 0 Å². The predicted octanol–water partition coefficient (Wildman–Crippen LogP) is 2.21. The molecule has 124 valence electrons. The molecule has 0 aliphatic heterocycles. The van der Waals surface area contributed by atoms with E-state index in [1.54, 1.807) is 26.5 Å². The summed E-state index contributed by atoms with van der Waals surface area (Å²) in [5, 5.41) is 2.90. The predicted molar refractivity (Wildman–Crippen MR) is 90.3 cm³/mol. The maximum Gasteiger partial charge on any atom is 0.224 e. The number of pyridine rings is 1. The average Bonchev–Trinajstić information content (AvgIpc) is 3.03. The van der Waals surface area contributed by atoms with Crippen LogP contribution >= 0.6 is 0 Å². The van der Waals surface area contributed by atoms with Crippen LogP contribution in [0.25, 0.3) is 5.52 Å². The first-order valence-corrected chi connectivity index (χ1v) is 7.60. The zero-order valence-electron chi connectivity index (χ0n) is 13.7. The molecular formula is C18H19N3O3. The molecule has 0 saturated heterocycles. The number of aromatic nitrogens is 2. The number of rotatable bonds is 6. The topological polar surface area (TPSA) is 64.9 Å². The minimum absolute atomic E-state index is 0.0742. The smallest absolute Gasteiger partial charge is 0.224 e. The van der Waals surface area contributed by atoms with Gasteiger partial charge in [-0.2, -0.15) is 0 Å². The molecule has 0 aliphatic rings. The average molecular weight is 325 g/mol. The number of benzene rings is 1. The van der Waals surface area contributed by atoms with Gasteiger partial charge < -0.3 is 19.2 Å². The Hall–Kier alpha value is -3.02. The molecule has 1 N–H and O–H groups in total. The molecule has 0 aliphatic carbocycles. The fraction of sp³-hybridized carbons (Fsp3) is 0.222. The highest BCUT2D eigenvalue weighted by atomic mass is 16.5. The second-order valence-electron chi connectivity index (χ2n) is 5.31. The molecule has 0 unspecified atom stereocenters. The van der Waals surface area contributed by atoms with Crippen molar-refractivity contribution in [1.29, 1.82) is 0 Å². The first-order valence-electron chi connectivity index (χ1n) is 7.60. The van der Waals surface area contributed by atoms with Crippen molar-refractivity contribution in [2.75, 3.05) is 14.2 Å². The van der Waals surface area contributed by atoms with Gasteiger partial charge in [-0.15, -0.1) is 0 Å². The molecule has 3 aromatic rings. The molecule has 6 nitrogen and oxygen atoms in total. The van der Waals surface area contributed by atoms with E-state index in [0.29, 0.717) is 18.0 Å². The van der Waals surface area contributed by atoms with E-state index >= 15 is 0 Å². The van der Waals surface area contributed by atoms with Crippen molar-refractivity contribution in [3.8, 4) is 11.5 Å². The number of nitrogens with one attached hydrogen (secondary N) is 1. The molecular weight excluding hydrogens is 306 g/mol. The number of nitrogens with zero attached hydrogens (tertiary/aromatic N) is 2. The summed E-state index contributed by atoms with van der Waals surface area (Å²) < 4.78 is 12.4. The van der Waals surface area contributed by atoms with Gasteiger partial charge in [0.1, 0.15) is 5.82 Å². The van der Waals surface area contributed by atoms with E-state index in [9.17, 15) is 4.79 Å². The Morgan fingerprint density at radius 1 is 1.17 bits per heavy atom. The molecule has 1 aromatic carbocycles. The summed E-state index contributed by atoms with van der Waals surface area (Å²) in [4.78, 5) is 16.5. The fourth-order valence-electron chi connectivity index (χ4n) is 2.55. The number of ether oxygens (including phenoxy) is 2. The lowest BCUT2D eigenvalue weighted by Crippen LogP contribution is -2.25. The molecule has 1 amide bonds. The van der Waals surface area contributed by atoms with Crippen molar-refractivity contribution in [1.82, 2.24) is 14.7 Å². The van der Waals surface area contributed by atoms with Crippen LogP contribution in [0.2, 0.25) is 0 Å². The summed E-state index contributed by atoms with van der Waals surface area (Å²) in [6, 6.07) is 11.3. The van der Waals surface area contributed by atoms with E-state index in [1.807, 2.05) is 40.9 Å². The van der Waals surface area contributed by atoms with Gasteiger partial charge in [-0.3, -0.25) is 4.79 Å². The Morgan fingerprint density at radius 3 is 2.79 bits per heavy atom. The van der Waals surface area contributed by atoms with Crippen LogP contribution in [-0.2, 0) is 17.8 Å². The van der Waals surface area contributed by atoms with Crippen LogP contribution in [0.1, 0.15) is 11.4 Å². The summed E-state index contributed by atoms with van der Waals surface area (Å²) in [6.07, 6.45) is 3.98. The fourth-order valence-corrected chi connectivity index (χ4v) is 2.55. The van der Waals surface area contributed by atoms with Gasteiger partial charge in [0.15, 0.2) is 11.5 Å². The minimum Gasteiger partial charge on any atom is -0.493 e. The largest absolute Gasteiger partial charge is 0.493 e. The first kappa shape index (κ1) is 15.9. The maximum absolute atomic E-state index is 12.2. The summed E-state index contributed by atoms with van der Waals surface area (Å²) in [7, 11) is 3.16. The van der Waals surface area contributed by atoms with E-state index in [2.05, 4.69) is 10.3 Å². The van der Waals surface area contributed by atoms with Gasteiger partial charge in [0.25, 0.3) is 0 Å². The van der Waals surface area contributed by atoms with Crippen molar-refractivity contribution in [2.45, 2.75) is 13.0 Å². The molecule has 6 heteroatoms. The van der Waals surface area contributed by atoms with Crippen LogP contribution in [0.3, 0.4) is 0 Å². The highest BCUT2D eigenvalue weighted by Crippen LogP contribution is 2.27. The van der Waals surface area contributed by atoms with Gasteiger partial charge in [-0.25, -0.2) is 4.98 Å². The minimum atomic E-state index is -0.0742. The lowest BCUT2D eigenvalue weighted by molar-refractivity contribution is -0.120. The van der Waals surface area contributed by atoms with E-state index in [4.69, 9.17) is 9.47 Å². The molecule has 0 atom stereocenters. The van der Waals surface area contributed by atoms with Crippen LogP contribution in [0.5, 0.6) is 11.5 Å². The van der Waals surface area contributed by atoms with Gasteiger partial charge in [-0.05, 0) is 29.8 Å². The Balaban J connectivity index is 1.63. The third-order valence-electron chi connectivity index (χ3n) is 3.77. The number of imidazole rings is 1. The van der Waals surface area contributed by atoms with Crippen molar-refractivity contribution in [2.24, 2.45) is 0 Å². The molecule has 0 bridgehead atoms. The van der Waals surface area contributed by atoms with Crippen molar-refractivity contribution in [3.63, 3.8) is 0 Å². The summed E-state index contributed by atoms with van der Waals surface area (Å²) in [5.41, 5.74) is 1.86. The Kier molecular flexibility index (Phi) is 4.65. The zero-order valence-corrected chi connectivity index (χ0v) is 13.7. The molecule has 0 spiro atoms. The van der Waals surface area contributed by atoms with Gasteiger partial charge >= 0.3 is 0 Å². The van der Waals surface area contributed by atoms with E-state index in [-0.39, 0.29) is 12.3 Å².